The molecule has 2 rings (SSSR count). The molecule has 0 spiro atoms. The van der Waals surface area contributed by atoms with Crippen molar-refractivity contribution in [3.8, 4) is 0 Å². The number of hydrogen-bond acceptors (Lipinski definition) is 10. The first-order chi connectivity index (χ1) is 14.8. The van der Waals surface area contributed by atoms with Gasteiger partial charge in [-0.3, -0.25) is 4.98 Å². The normalized spacial score (nSPS) is 15.0. The Bertz CT molecular complexity index is 844. The molecule has 2 aromatic heterocycles. The second-order valence-electron chi connectivity index (χ2n) is 6.46. The van der Waals surface area contributed by atoms with E-state index < -0.39 is 0 Å². The highest BCUT2D eigenvalue weighted by atomic mass is 79.9. The first kappa shape index (κ1) is 26.3. The maximum atomic E-state index is 6.25. The Balaban J connectivity index is 2.13. The van der Waals surface area contributed by atoms with Crippen LogP contribution in [0.4, 0.5) is 0 Å². The molecule has 2 unspecified atom stereocenters. The van der Waals surface area contributed by atoms with Crippen molar-refractivity contribution in [3.63, 3.8) is 0 Å². The van der Waals surface area contributed by atoms with Gasteiger partial charge >= 0.3 is 0 Å². The van der Waals surface area contributed by atoms with Gasteiger partial charge in [-0.05, 0) is 35.8 Å². The predicted octanol–water partition coefficient (Wildman–Crippen LogP) is 3.96. The van der Waals surface area contributed by atoms with E-state index in [1.165, 1.54) is 28.1 Å². The van der Waals surface area contributed by atoms with E-state index in [0.29, 0.717) is 35.6 Å². The molecule has 12 heteroatoms. The zero-order chi connectivity index (χ0) is 22.8. The van der Waals surface area contributed by atoms with Gasteiger partial charge in [-0.2, -0.15) is 0 Å². The summed E-state index contributed by atoms with van der Waals surface area (Å²) in [6, 6.07) is 1.97. The highest BCUT2D eigenvalue weighted by molar-refractivity contribution is 9.10. The van der Waals surface area contributed by atoms with Crippen LogP contribution in [-0.4, -0.2) is 59.5 Å². The Kier molecular flexibility index (Phi) is 11.5. The highest BCUT2D eigenvalue weighted by Crippen LogP contribution is 2.30. The average Bonchev–Trinajstić information content (AvgIpc) is 3.16. The van der Waals surface area contributed by atoms with Gasteiger partial charge in [-0.15, -0.1) is 11.3 Å². The second kappa shape index (κ2) is 13.6. The minimum atomic E-state index is -0.373. The summed E-state index contributed by atoms with van der Waals surface area (Å²) < 4.78 is 18.4. The number of hydrazine groups is 1. The van der Waals surface area contributed by atoms with Gasteiger partial charge in [-0.25, -0.2) is 10.8 Å². The van der Waals surface area contributed by atoms with Crippen molar-refractivity contribution in [3.05, 3.63) is 44.7 Å². The number of ether oxygens (including phenoxy) is 3. The van der Waals surface area contributed by atoms with Gasteiger partial charge < -0.3 is 25.0 Å². The van der Waals surface area contributed by atoms with Crippen LogP contribution in [0.2, 0.25) is 5.15 Å². The van der Waals surface area contributed by atoms with Gasteiger partial charge in [0.2, 0.25) is 0 Å². The van der Waals surface area contributed by atoms with Crippen LogP contribution in [0.25, 0.3) is 5.70 Å². The van der Waals surface area contributed by atoms with E-state index >= 15 is 0 Å². The fraction of sp³-hybridized carbons (Fsp3) is 0.474. The predicted molar refractivity (Wildman–Crippen MR) is 130 cm³/mol. The van der Waals surface area contributed by atoms with E-state index in [9.17, 15) is 0 Å². The van der Waals surface area contributed by atoms with Crippen LogP contribution in [0.1, 0.15) is 18.9 Å². The summed E-state index contributed by atoms with van der Waals surface area (Å²) in [4.78, 5) is 9.31. The summed E-state index contributed by atoms with van der Waals surface area (Å²) in [6.45, 7) is 5.33. The Morgan fingerprint density at radius 2 is 2.23 bits per heavy atom. The lowest BCUT2D eigenvalue weighted by molar-refractivity contribution is -0.0711. The fourth-order valence-corrected chi connectivity index (χ4v) is 5.05. The number of thioether (sulfide) groups is 1. The number of nitrogens with two attached hydrogens (primary N) is 2. The van der Waals surface area contributed by atoms with Gasteiger partial charge in [0.25, 0.3) is 0 Å². The van der Waals surface area contributed by atoms with Crippen LogP contribution in [0.3, 0.4) is 0 Å². The molecule has 2 aromatic rings. The molecule has 4 N–H and O–H groups in total. The maximum Gasteiger partial charge on any atom is 0.142 e. The summed E-state index contributed by atoms with van der Waals surface area (Å²) in [6.07, 6.45) is 4.59. The van der Waals surface area contributed by atoms with Gasteiger partial charge in [0.1, 0.15) is 21.7 Å². The van der Waals surface area contributed by atoms with Crippen LogP contribution < -0.4 is 11.6 Å². The van der Waals surface area contributed by atoms with E-state index in [2.05, 4.69) is 25.9 Å². The number of rotatable bonds is 13. The first-order valence-electron chi connectivity index (χ1n) is 9.45. The topological polar surface area (TPSA) is 109 Å². The van der Waals surface area contributed by atoms with Crippen molar-refractivity contribution >= 4 is 56.3 Å². The molecule has 172 valence electrons. The summed E-state index contributed by atoms with van der Waals surface area (Å²) in [7, 11) is 1.62. The molecule has 0 aliphatic heterocycles. The fourth-order valence-electron chi connectivity index (χ4n) is 2.49. The van der Waals surface area contributed by atoms with E-state index in [1.54, 1.807) is 31.1 Å². The quantitative estimate of drug-likeness (QED) is 0.165. The zero-order valence-corrected chi connectivity index (χ0v) is 21.5. The van der Waals surface area contributed by atoms with E-state index in [1.807, 2.05) is 19.9 Å². The maximum absolute atomic E-state index is 6.25. The number of halogens is 2. The monoisotopic (exact) mass is 551 g/mol. The molecule has 31 heavy (non-hydrogen) atoms. The Labute approximate surface area is 204 Å². The third kappa shape index (κ3) is 9.22. The number of nitrogens with zero attached hydrogens (tertiary/aromatic N) is 3. The molecule has 2 heterocycles. The van der Waals surface area contributed by atoms with Gasteiger partial charge in [0, 0.05) is 47.1 Å². The van der Waals surface area contributed by atoms with Gasteiger partial charge in [0.15, 0.2) is 0 Å². The Morgan fingerprint density at radius 1 is 1.45 bits per heavy atom. The van der Waals surface area contributed by atoms with Crippen molar-refractivity contribution in [1.29, 1.82) is 0 Å². The molecule has 0 aliphatic carbocycles. The lowest BCUT2D eigenvalue weighted by Gasteiger charge is -2.30. The van der Waals surface area contributed by atoms with E-state index in [4.69, 9.17) is 37.4 Å². The van der Waals surface area contributed by atoms with Crippen molar-refractivity contribution in [2.75, 3.05) is 26.9 Å². The van der Waals surface area contributed by atoms with E-state index in [0.717, 1.165) is 9.37 Å². The van der Waals surface area contributed by atoms with Crippen LogP contribution in [-0.2, 0) is 14.2 Å². The highest BCUT2D eigenvalue weighted by Gasteiger charge is 2.27. The molecule has 3 atom stereocenters. The number of thiazole rings is 1. The SMILES string of the molecule is CCOCC(C)OC(Sc1cncc(Br)c1)[C@H](CN(N)/C=C(\N)c1nc(Cl)cs1)OC. The van der Waals surface area contributed by atoms with Crippen molar-refractivity contribution < 1.29 is 14.2 Å². The summed E-state index contributed by atoms with van der Waals surface area (Å²) in [5.74, 6) is 6.19. The number of methoxy groups -OCH3 is 1. The molecule has 0 amide bonds. The second-order valence-corrected chi connectivity index (χ2v) is 9.79. The van der Waals surface area contributed by atoms with E-state index in [-0.39, 0.29) is 17.6 Å². The number of hydrogen-bond donors (Lipinski definition) is 2. The molecular weight excluding hydrogens is 526 g/mol. The van der Waals surface area contributed by atoms with Crippen LogP contribution in [0.5, 0.6) is 0 Å². The lowest BCUT2D eigenvalue weighted by Crippen LogP contribution is -2.42. The van der Waals surface area contributed by atoms with Crippen molar-refractivity contribution in [2.24, 2.45) is 11.6 Å². The molecule has 0 aromatic carbocycles. The molecule has 8 nitrogen and oxygen atoms in total. The molecule has 0 bridgehead atoms. The van der Waals surface area contributed by atoms with Crippen LogP contribution >= 0.6 is 50.6 Å². The molecule has 0 saturated carbocycles. The number of pyridine rings is 1. The molecule has 0 saturated heterocycles. The zero-order valence-electron chi connectivity index (χ0n) is 17.5. The minimum Gasteiger partial charge on any atom is -0.395 e. The van der Waals surface area contributed by atoms with Gasteiger partial charge in [-0.1, -0.05) is 23.4 Å². The van der Waals surface area contributed by atoms with Crippen LogP contribution in [0.15, 0.2) is 39.4 Å². The molecule has 0 aliphatic rings. The van der Waals surface area contributed by atoms with Crippen molar-refractivity contribution in [2.45, 2.75) is 36.4 Å². The standard InChI is InChI=1S/C19H27BrClN5O3S2/c1-4-28-10-12(2)29-19(31-14-5-13(20)6-24-7-14)16(27-3)9-26(23)8-15(22)18-25-17(21)11-30-18/h5-8,11-12,16,19H,4,9-10,22-23H2,1-3H3/b15-8-/t12?,16-,19?/m0/s1. The molecular formula is C19H27BrClN5O3S2. The Hall–Kier alpha value is -0.920. The lowest BCUT2D eigenvalue weighted by atomic mass is 10.3. The first-order valence-corrected chi connectivity index (χ1v) is 12.4. The van der Waals surface area contributed by atoms with Gasteiger partial charge in [0.05, 0.1) is 25.0 Å². The van der Waals surface area contributed by atoms with Crippen molar-refractivity contribution in [1.82, 2.24) is 15.0 Å². The summed E-state index contributed by atoms with van der Waals surface area (Å²) in [5.41, 5.74) is 6.15. The third-order valence-corrected chi connectivity index (χ3v) is 6.67. The third-order valence-electron chi connectivity index (χ3n) is 3.88. The average molecular weight is 553 g/mol. The smallest absolute Gasteiger partial charge is 0.142 e. The number of aromatic nitrogens is 2. The van der Waals surface area contributed by atoms with Crippen LogP contribution in [0, 0.1) is 0 Å². The largest absolute Gasteiger partial charge is 0.395 e. The summed E-state index contributed by atoms with van der Waals surface area (Å²) in [5, 5.41) is 4.16. The minimum absolute atomic E-state index is 0.139. The Morgan fingerprint density at radius 3 is 2.84 bits per heavy atom. The molecule has 0 radical (unpaired) electrons. The molecule has 0 fully saturated rings. The summed E-state index contributed by atoms with van der Waals surface area (Å²) >= 11 is 12.2.